The number of aromatic nitrogens is 1. The van der Waals surface area contributed by atoms with Crippen LogP contribution in [0.15, 0.2) is 72.9 Å². The molecule has 3 aromatic rings. The molecule has 180 valence electrons. The molecular weight excluding hydrogens is 429 g/mol. The summed E-state index contributed by atoms with van der Waals surface area (Å²) >= 11 is 0. The zero-order valence-corrected chi connectivity index (χ0v) is 20.1. The Morgan fingerprint density at radius 2 is 1.85 bits per heavy atom. The summed E-state index contributed by atoms with van der Waals surface area (Å²) in [5.74, 6) is 1.50. The summed E-state index contributed by atoms with van der Waals surface area (Å²) in [6.45, 7) is 4.39. The molecule has 0 radical (unpaired) electrons. The number of piperidine rings is 1. The van der Waals surface area contributed by atoms with Crippen molar-refractivity contribution in [2.24, 2.45) is 5.92 Å². The van der Waals surface area contributed by atoms with Crippen molar-refractivity contribution in [1.82, 2.24) is 14.8 Å². The summed E-state index contributed by atoms with van der Waals surface area (Å²) in [6.07, 6.45) is 4.13. The Kier molecular flexibility index (Phi) is 8.50. The molecule has 6 heteroatoms. The third kappa shape index (κ3) is 6.33. The normalized spacial score (nSPS) is 15.9. The number of pyridine rings is 1. The second-order valence-electron chi connectivity index (χ2n) is 8.94. The highest BCUT2D eigenvalue weighted by atomic mass is 19.1. The number of likely N-dealkylation sites (tertiary alicyclic amines) is 1. The van der Waals surface area contributed by atoms with Crippen molar-refractivity contribution >= 4 is 0 Å². The van der Waals surface area contributed by atoms with Crippen LogP contribution in [0.25, 0.3) is 0 Å². The van der Waals surface area contributed by atoms with E-state index in [2.05, 4.69) is 40.0 Å². The summed E-state index contributed by atoms with van der Waals surface area (Å²) in [5.41, 5.74) is 2.23. The van der Waals surface area contributed by atoms with Gasteiger partial charge in [-0.3, -0.25) is 14.8 Å². The van der Waals surface area contributed by atoms with Crippen molar-refractivity contribution < 1.29 is 13.9 Å². The van der Waals surface area contributed by atoms with Gasteiger partial charge < -0.3 is 9.47 Å². The predicted octanol–water partition coefficient (Wildman–Crippen LogP) is 5.04. The van der Waals surface area contributed by atoms with Crippen LogP contribution in [-0.4, -0.2) is 61.7 Å². The number of nitrogens with zero attached hydrogens (tertiary/aromatic N) is 3. The van der Waals surface area contributed by atoms with Crippen LogP contribution in [0.4, 0.5) is 4.39 Å². The van der Waals surface area contributed by atoms with E-state index in [0.717, 1.165) is 50.5 Å². The van der Waals surface area contributed by atoms with E-state index in [9.17, 15) is 4.39 Å². The van der Waals surface area contributed by atoms with Gasteiger partial charge in [-0.1, -0.05) is 30.3 Å². The number of ether oxygens (including phenoxy) is 2. The predicted molar refractivity (Wildman–Crippen MR) is 133 cm³/mol. The fraction of sp³-hybridized carbons (Fsp3) is 0.393. The van der Waals surface area contributed by atoms with Crippen LogP contribution in [0.2, 0.25) is 0 Å². The van der Waals surface area contributed by atoms with Gasteiger partial charge in [0, 0.05) is 19.3 Å². The van der Waals surface area contributed by atoms with Crippen LogP contribution in [0.3, 0.4) is 0 Å². The molecular formula is C28H34FN3O2. The average molecular weight is 464 g/mol. The lowest BCUT2D eigenvalue weighted by Crippen LogP contribution is -2.40. The van der Waals surface area contributed by atoms with Crippen molar-refractivity contribution in [2.45, 2.75) is 18.9 Å². The van der Waals surface area contributed by atoms with Gasteiger partial charge in [-0.05, 0) is 80.9 Å². The molecule has 0 spiro atoms. The zero-order valence-electron chi connectivity index (χ0n) is 20.1. The maximum Gasteiger partial charge on any atom is 0.165 e. The van der Waals surface area contributed by atoms with Crippen molar-refractivity contribution in [3.63, 3.8) is 0 Å². The first-order valence-electron chi connectivity index (χ1n) is 12.0. The highest BCUT2D eigenvalue weighted by Gasteiger charge is 2.26. The number of benzene rings is 2. The molecule has 0 bridgehead atoms. The second kappa shape index (κ2) is 12.0. The van der Waals surface area contributed by atoms with E-state index in [1.54, 1.807) is 25.3 Å². The smallest absolute Gasteiger partial charge is 0.165 e. The van der Waals surface area contributed by atoms with E-state index < -0.39 is 0 Å². The Balaban J connectivity index is 1.32. The molecule has 2 heterocycles. The van der Waals surface area contributed by atoms with Crippen molar-refractivity contribution in [1.29, 1.82) is 0 Å². The number of halogens is 1. The SMILES string of the molecule is COc1cccc([C@@H](c2ccccn2)N(C)CC2CCN(CCOc3ccccc3F)CC2)c1. The van der Waals surface area contributed by atoms with E-state index in [1.165, 1.54) is 11.6 Å². The Morgan fingerprint density at radius 1 is 1.06 bits per heavy atom. The summed E-state index contributed by atoms with van der Waals surface area (Å²) in [6, 6.07) is 21.0. The van der Waals surface area contributed by atoms with E-state index >= 15 is 0 Å². The molecule has 2 aromatic carbocycles. The fourth-order valence-corrected chi connectivity index (χ4v) is 4.75. The molecule has 4 rings (SSSR count). The molecule has 0 N–H and O–H groups in total. The van der Waals surface area contributed by atoms with Gasteiger partial charge in [0.1, 0.15) is 12.4 Å². The monoisotopic (exact) mass is 463 g/mol. The largest absolute Gasteiger partial charge is 0.497 e. The number of hydrogen-bond acceptors (Lipinski definition) is 5. The van der Waals surface area contributed by atoms with Crippen molar-refractivity contribution in [3.8, 4) is 11.5 Å². The molecule has 5 nitrogen and oxygen atoms in total. The maximum absolute atomic E-state index is 13.7. The molecule has 1 fully saturated rings. The lowest BCUT2D eigenvalue weighted by atomic mass is 9.94. The molecule has 1 aromatic heterocycles. The highest BCUT2D eigenvalue weighted by molar-refractivity contribution is 5.34. The first kappa shape index (κ1) is 24.2. The van der Waals surface area contributed by atoms with Crippen LogP contribution < -0.4 is 9.47 Å². The van der Waals surface area contributed by atoms with Crippen LogP contribution in [0.5, 0.6) is 11.5 Å². The first-order valence-corrected chi connectivity index (χ1v) is 12.0. The molecule has 34 heavy (non-hydrogen) atoms. The van der Waals surface area contributed by atoms with E-state index in [0.29, 0.717) is 18.3 Å². The van der Waals surface area contributed by atoms with Gasteiger partial charge in [-0.2, -0.15) is 0 Å². The standard InChI is InChI=1S/C28H34FN3O2/c1-31(28(26-11-5-6-15-30-26)23-8-7-9-24(20-23)33-2)21-22-13-16-32(17-14-22)18-19-34-27-12-4-3-10-25(27)29/h3-12,15,20,22,28H,13-14,16-19,21H2,1-2H3/t28-/m0/s1. The van der Waals surface area contributed by atoms with Crippen molar-refractivity contribution in [3.05, 3.63) is 90.0 Å². The Labute approximate surface area is 202 Å². The minimum Gasteiger partial charge on any atom is -0.497 e. The van der Waals surface area contributed by atoms with Crippen molar-refractivity contribution in [2.75, 3.05) is 46.9 Å². The molecule has 0 unspecified atom stereocenters. The summed E-state index contributed by atoms with van der Waals surface area (Å²) in [7, 11) is 3.89. The van der Waals surface area contributed by atoms with Gasteiger partial charge in [-0.25, -0.2) is 4.39 Å². The van der Waals surface area contributed by atoms with Crippen LogP contribution in [0.1, 0.15) is 30.1 Å². The number of hydrogen-bond donors (Lipinski definition) is 0. The fourth-order valence-electron chi connectivity index (χ4n) is 4.75. The Hall–Kier alpha value is -2.96. The summed E-state index contributed by atoms with van der Waals surface area (Å²) in [4.78, 5) is 9.50. The lowest BCUT2D eigenvalue weighted by Gasteiger charge is -2.36. The maximum atomic E-state index is 13.7. The van der Waals surface area contributed by atoms with E-state index in [4.69, 9.17) is 9.47 Å². The van der Waals surface area contributed by atoms with Crippen LogP contribution >= 0.6 is 0 Å². The first-order chi connectivity index (χ1) is 16.6. The molecule has 1 aliphatic heterocycles. The minimum atomic E-state index is -0.303. The summed E-state index contributed by atoms with van der Waals surface area (Å²) in [5, 5.41) is 0. The Bertz CT molecular complexity index is 1020. The molecule has 0 aliphatic carbocycles. The third-order valence-electron chi connectivity index (χ3n) is 6.57. The van der Waals surface area contributed by atoms with Gasteiger partial charge in [0.15, 0.2) is 11.6 Å². The second-order valence-corrected chi connectivity index (χ2v) is 8.94. The molecule has 1 saturated heterocycles. The van der Waals surface area contributed by atoms with Gasteiger partial charge in [0.05, 0.1) is 18.8 Å². The molecule has 0 amide bonds. The Morgan fingerprint density at radius 3 is 2.59 bits per heavy atom. The van der Waals surface area contributed by atoms with Gasteiger partial charge >= 0.3 is 0 Å². The van der Waals surface area contributed by atoms with Gasteiger partial charge in [-0.15, -0.1) is 0 Å². The zero-order chi connectivity index (χ0) is 23.8. The van der Waals surface area contributed by atoms with Gasteiger partial charge in [0.25, 0.3) is 0 Å². The third-order valence-corrected chi connectivity index (χ3v) is 6.57. The molecule has 0 saturated carbocycles. The van der Waals surface area contributed by atoms with Gasteiger partial charge in [0.2, 0.25) is 0 Å². The quantitative estimate of drug-likeness (QED) is 0.421. The number of methoxy groups -OCH3 is 1. The van der Waals surface area contributed by atoms with E-state index in [1.807, 2.05) is 30.5 Å². The highest BCUT2D eigenvalue weighted by Crippen LogP contribution is 2.30. The summed E-state index contributed by atoms with van der Waals surface area (Å²) < 4.78 is 24.8. The topological polar surface area (TPSA) is 37.8 Å². The van der Waals surface area contributed by atoms with Crippen LogP contribution in [-0.2, 0) is 0 Å². The number of para-hydroxylation sites is 1. The number of rotatable bonds is 10. The molecule has 1 aliphatic rings. The van der Waals surface area contributed by atoms with Crippen LogP contribution in [0, 0.1) is 11.7 Å². The molecule has 1 atom stereocenters. The average Bonchev–Trinajstić information content (AvgIpc) is 2.87. The lowest BCUT2D eigenvalue weighted by molar-refractivity contribution is 0.126. The minimum absolute atomic E-state index is 0.0727. The van der Waals surface area contributed by atoms with E-state index in [-0.39, 0.29) is 11.9 Å².